The zero-order chi connectivity index (χ0) is 15.1. The van der Waals surface area contributed by atoms with Gasteiger partial charge in [0, 0.05) is 29.1 Å². The fourth-order valence-electron chi connectivity index (χ4n) is 2.73. The summed E-state index contributed by atoms with van der Waals surface area (Å²) in [5.74, 6) is -0.296. The fraction of sp³-hybridized carbons (Fsp3) is 0.118. The minimum absolute atomic E-state index is 0.296. The third-order valence-electron chi connectivity index (χ3n) is 3.87. The van der Waals surface area contributed by atoms with Crippen molar-refractivity contribution in [3.8, 4) is 0 Å². The van der Waals surface area contributed by atoms with E-state index in [0.717, 1.165) is 33.4 Å². The Hall–Kier alpha value is -2.82. The maximum atomic E-state index is 14.0. The number of nitrogens with one attached hydrogen (secondary N) is 1. The summed E-state index contributed by atoms with van der Waals surface area (Å²) < 4.78 is 14.0. The molecule has 3 aromatic heterocycles. The van der Waals surface area contributed by atoms with Crippen LogP contribution in [0.2, 0.25) is 0 Å². The molecule has 0 amide bonds. The second-order valence-corrected chi connectivity index (χ2v) is 5.32. The van der Waals surface area contributed by atoms with Gasteiger partial charge >= 0.3 is 0 Å². The van der Waals surface area contributed by atoms with E-state index in [9.17, 15) is 4.39 Å². The van der Waals surface area contributed by atoms with Crippen LogP contribution in [0.1, 0.15) is 17.0 Å². The Kier molecular flexibility index (Phi) is 2.85. The molecule has 1 N–H and O–H groups in total. The molecular weight excluding hydrogens is 279 g/mol. The number of hydrogen-bond donors (Lipinski definition) is 1. The van der Waals surface area contributed by atoms with E-state index in [0.29, 0.717) is 11.8 Å². The summed E-state index contributed by atoms with van der Waals surface area (Å²) in [6.07, 6.45) is 3.65. The molecule has 0 spiro atoms. The number of halogens is 1. The highest BCUT2D eigenvalue weighted by atomic mass is 19.1. The van der Waals surface area contributed by atoms with Crippen LogP contribution in [0.15, 0.2) is 42.7 Å². The highest BCUT2D eigenvalue weighted by Gasteiger charge is 2.09. The van der Waals surface area contributed by atoms with Crippen molar-refractivity contribution in [2.45, 2.75) is 13.3 Å². The molecule has 4 aromatic rings. The van der Waals surface area contributed by atoms with Crippen molar-refractivity contribution < 1.29 is 4.39 Å². The molecule has 0 aliphatic rings. The van der Waals surface area contributed by atoms with E-state index in [-0.39, 0.29) is 5.82 Å². The maximum absolute atomic E-state index is 14.0. The summed E-state index contributed by atoms with van der Waals surface area (Å²) in [5.41, 5.74) is 4.46. The van der Waals surface area contributed by atoms with Gasteiger partial charge in [-0.15, -0.1) is 0 Å². The molecule has 5 heteroatoms. The van der Waals surface area contributed by atoms with Crippen LogP contribution in [0.4, 0.5) is 4.39 Å². The maximum Gasteiger partial charge on any atom is 0.149 e. The first-order valence-corrected chi connectivity index (χ1v) is 7.04. The molecule has 0 saturated carbocycles. The summed E-state index contributed by atoms with van der Waals surface area (Å²) in [7, 11) is 0. The van der Waals surface area contributed by atoms with Gasteiger partial charge in [0.2, 0.25) is 0 Å². The van der Waals surface area contributed by atoms with Gasteiger partial charge in [0.25, 0.3) is 0 Å². The van der Waals surface area contributed by atoms with Crippen LogP contribution in [0, 0.1) is 12.7 Å². The number of aromatic nitrogens is 4. The molecule has 0 radical (unpaired) electrons. The van der Waals surface area contributed by atoms with E-state index in [1.807, 2.05) is 37.3 Å². The standard InChI is InChI=1S/C17H13FN4/c1-10-12-5-4-11(7-13(12)14(18)9-20-10)8-16-17-15(21-22-16)3-2-6-19-17/h2-7,9H,8H2,1H3,(H,21,22). The number of aromatic amines is 1. The normalized spacial score (nSPS) is 11.4. The molecule has 108 valence electrons. The first-order valence-electron chi connectivity index (χ1n) is 7.04. The van der Waals surface area contributed by atoms with Crippen molar-refractivity contribution in [3.63, 3.8) is 0 Å². The number of hydrogen-bond acceptors (Lipinski definition) is 3. The first-order chi connectivity index (χ1) is 10.7. The lowest BCUT2D eigenvalue weighted by atomic mass is 10.0. The van der Waals surface area contributed by atoms with E-state index in [1.165, 1.54) is 6.20 Å². The number of nitrogens with zero attached hydrogens (tertiary/aromatic N) is 3. The smallest absolute Gasteiger partial charge is 0.149 e. The third kappa shape index (κ3) is 2.02. The second-order valence-electron chi connectivity index (χ2n) is 5.32. The molecule has 0 aliphatic carbocycles. The Morgan fingerprint density at radius 1 is 1.14 bits per heavy atom. The Balaban J connectivity index is 1.80. The molecule has 0 fully saturated rings. The second kappa shape index (κ2) is 4.87. The third-order valence-corrected chi connectivity index (χ3v) is 3.87. The van der Waals surface area contributed by atoms with Gasteiger partial charge in [-0.05, 0) is 30.7 Å². The Morgan fingerprint density at radius 3 is 2.95 bits per heavy atom. The van der Waals surface area contributed by atoms with Crippen LogP contribution in [-0.4, -0.2) is 20.2 Å². The van der Waals surface area contributed by atoms with Crippen molar-refractivity contribution >= 4 is 21.8 Å². The average Bonchev–Trinajstić information content (AvgIpc) is 2.94. The molecule has 4 nitrogen and oxygen atoms in total. The number of rotatable bonds is 2. The zero-order valence-electron chi connectivity index (χ0n) is 12.0. The predicted octanol–water partition coefficient (Wildman–Crippen LogP) is 3.54. The highest BCUT2D eigenvalue weighted by Crippen LogP contribution is 2.23. The van der Waals surface area contributed by atoms with E-state index >= 15 is 0 Å². The Bertz CT molecular complexity index is 990. The van der Waals surface area contributed by atoms with E-state index in [1.54, 1.807) is 6.20 Å². The molecule has 0 unspecified atom stereocenters. The lowest BCUT2D eigenvalue weighted by Gasteiger charge is -2.06. The number of pyridine rings is 2. The average molecular weight is 292 g/mol. The lowest BCUT2D eigenvalue weighted by molar-refractivity contribution is 0.633. The van der Waals surface area contributed by atoms with Gasteiger partial charge in [0.1, 0.15) is 16.9 Å². The summed E-state index contributed by atoms with van der Waals surface area (Å²) in [6, 6.07) is 9.55. The van der Waals surface area contributed by atoms with Crippen LogP contribution in [0.5, 0.6) is 0 Å². The van der Waals surface area contributed by atoms with Crippen LogP contribution < -0.4 is 0 Å². The van der Waals surface area contributed by atoms with E-state index < -0.39 is 0 Å². The first kappa shape index (κ1) is 12.9. The van der Waals surface area contributed by atoms with Gasteiger partial charge in [-0.25, -0.2) is 4.39 Å². The minimum Gasteiger partial charge on any atom is -0.279 e. The van der Waals surface area contributed by atoms with Crippen LogP contribution in [0.3, 0.4) is 0 Å². The van der Waals surface area contributed by atoms with Gasteiger partial charge in [0.05, 0.1) is 11.9 Å². The highest BCUT2D eigenvalue weighted by molar-refractivity contribution is 5.85. The molecule has 3 heterocycles. The largest absolute Gasteiger partial charge is 0.279 e. The number of fused-ring (bicyclic) bond motifs is 2. The number of aryl methyl sites for hydroxylation is 1. The van der Waals surface area contributed by atoms with E-state index in [4.69, 9.17) is 0 Å². The summed E-state index contributed by atoms with van der Waals surface area (Å²) in [6.45, 7) is 1.88. The summed E-state index contributed by atoms with van der Waals surface area (Å²) >= 11 is 0. The van der Waals surface area contributed by atoms with Crippen molar-refractivity contribution in [1.29, 1.82) is 0 Å². The molecule has 1 aromatic carbocycles. The molecule has 0 aliphatic heterocycles. The van der Waals surface area contributed by atoms with Crippen molar-refractivity contribution in [2.24, 2.45) is 0 Å². The number of benzene rings is 1. The van der Waals surface area contributed by atoms with Crippen molar-refractivity contribution in [2.75, 3.05) is 0 Å². The van der Waals surface area contributed by atoms with Crippen LogP contribution in [-0.2, 0) is 6.42 Å². The minimum atomic E-state index is -0.296. The zero-order valence-corrected chi connectivity index (χ0v) is 12.0. The molecule has 0 atom stereocenters. The number of H-pyrrole nitrogens is 1. The van der Waals surface area contributed by atoms with Gasteiger partial charge < -0.3 is 0 Å². The predicted molar refractivity (Wildman–Crippen MR) is 83.1 cm³/mol. The monoisotopic (exact) mass is 292 g/mol. The van der Waals surface area contributed by atoms with Crippen molar-refractivity contribution in [1.82, 2.24) is 20.2 Å². The SMILES string of the molecule is Cc1ncc(F)c2cc(Cc3[nH]nc4cccnc34)ccc12. The van der Waals surface area contributed by atoms with E-state index in [2.05, 4.69) is 20.2 Å². The summed E-state index contributed by atoms with van der Waals surface area (Å²) in [4.78, 5) is 8.41. The van der Waals surface area contributed by atoms with Gasteiger partial charge in [0.15, 0.2) is 0 Å². The lowest BCUT2D eigenvalue weighted by Crippen LogP contribution is -1.93. The Labute approximate surface area is 126 Å². The van der Waals surface area contributed by atoms with Gasteiger partial charge in [-0.1, -0.05) is 12.1 Å². The molecule has 0 bridgehead atoms. The van der Waals surface area contributed by atoms with Crippen LogP contribution in [0.25, 0.3) is 21.8 Å². The molecular formula is C17H13FN4. The molecule has 22 heavy (non-hydrogen) atoms. The van der Waals surface area contributed by atoms with Crippen molar-refractivity contribution in [3.05, 3.63) is 65.5 Å². The Morgan fingerprint density at radius 2 is 2.05 bits per heavy atom. The molecule has 0 saturated heterocycles. The van der Waals surface area contributed by atoms with Gasteiger partial charge in [-0.2, -0.15) is 5.10 Å². The van der Waals surface area contributed by atoms with Gasteiger partial charge in [-0.3, -0.25) is 15.1 Å². The fourth-order valence-corrected chi connectivity index (χ4v) is 2.73. The quantitative estimate of drug-likeness (QED) is 0.615. The topological polar surface area (TPSA) is 54.5 Å². The summed E-state index contributed by atoms with van der Waals surface area (Å²) in [5, 5.41) is 8.70. The molecule has 4 rings (SSSR count). The van der Waals surface area contributed by atoms with Crippen LogP contribution >= 0.6 is 0 Å².